The van der Waals surface area contributed by atoms with Crippen LogP contribution in [0.2, 0.25) is 0 Å². The van der Waals surface area contributed by atoms with Crippen molar-refractivity contribution in [2.75, 3.05) is 20.3 Å². The van der Waals surface area contributed by atoms with Crippen molar-refractivity contribution in [2.45, 2.75) is 45.4 Å². The summed E-state index contributed by atoms with van der Waals surface area (Å²) in [5.74, 6) is -0.343. The molecule has 0 spiro atoms. The number of carbonyl (C=O) groups is 1. The van der Waals surface area contributed by atoms with Crippen molar-refractivity contribution in [3.8, 4) is 0 Å². The molecule has 0 aromatic carbocycles. The molecule has 0 aliphatic rings. The Morgan fingerprint density at radius 2 is 1.90 bits per heavy atom. The van der Waals surface area contributed by atoms with Crippen LogP contribution in [0.1, 0.15) is 55.1 Å². The SMILES string of the molecule is CCCCCOCCCCc1ccc(C(=O)OC)cn1. The number of nitrogens with zero attached hydrogens (tertiary/aromatic N) is 1. The summed E-state index contributed by atoms with van der Waals surface area (Å²) in [6, 6.07) is 3.64. The number of unbranched alkanes of at least 4 members (excludes halogenated alkanes) is 3. The van der Waals surface area contributed by atoms with Gasteiger partial charge in [-0.2, -0.15) is 0 Å². The van der Waals surface area contributed by atoms with E-state index in [1.54, 1.807) is 12.3 Å². The Balaban J connectivity index is 2.11. The lowest BCUT2D eigenvalue weighted by Crippen LogP contribution is -2.03. The van der Waals surface area contributed by atoms with Gasteiger partial charge in [0.25, 0.3) is 0 Å². The summed E-state index contributed by atoms with van der Waals surface area (Å²) in [4.78, 5) is 15.5. The van der Waals surface area contributed by atoms with Crippen molar-refractivity contribution >= 4 is 5.97 Å². The molecule has 1 heterocycles. The van der Waals surface area contributed by atoms with Crippen molar-refractivity contribution in [2.24, 2.45) is 0 Å². The first kappa shape index (κ1) is 16.6. The average Bonchev–Trinajstić information content (AvgIpc) is 2.50. The van der Waals surface area contributed by atoms with E-state index in [0.717, 1.165) is 44.6 Å². The first-order valence-electron chi connectivity index (χ1n) is 7.39. The highest BCUT2D eigenvalue weighted by Crippen LogP contribution is 2.06. The largest absolute Gasteiger partial charge is 0.465 e. The molecule has 4 nitrogen and oxygen atoms in total. The third-order valence-corrected chi connectivity index (χ3v) is 3.11. The van der Waals surface area contributed by atoms with Crippen LogP contribution < -0.4 is 0 Å². The van der Waals surface area contributed by atoms with Gasteiger partial charge < -0.3 is 9.47 Å². The Kier molecular flexibility index (Phi) is 8.63. The molecule has 0 aliphatic heterocycles. The Labute approximate surface area is 121 Å². The summed E-state index contributed by atoms with van der Waals surface area (Å²) in [5.41, 5.74) is 1.50. The van der Waals surface area contributed by atoms with E-state index in [0.29, 0.717) is 5.56 Å². The Bertz CT molecular complexity index is 376. The van der Waals surface area contributed by atoms with Gasteiger partial charge in [-0.25, -0.2) is 4.79 Å². The number of hydrogen-bond donors (Lipinski definition) is 0. The van der Waals surface area contributed by atoms with Crippen LogP contribution in [0.3, 0.4) is 0 Å². The van der Waals surface area contributed by atoms with Crippen molar-refractivity contribution in [3.05, 3.63) is 29.6 Å². The highest BCUT2D eigenvalue weighted by atomic mass is 16.5. The Morgan fingerprint density at radius 1 is 1.15 bits per heavy atom. The molecule has 0 aliphatic carbocycles. The Hall–Kier alpha value is -1.42. The lowest BCUT2D eigenvalue weighted by Gasteiger charge is -2.04. The van der Waals surface area contributed by atoms with E-state index >= 15 is 0 Å². The van der Waals surface area contributed by atoms with Crippen LogP contribution in [0.25, 0.3) is 0 Å². The maximum atomic E-state index is 11.3. The van der Waals surface area contributed by atoms with Crippen molar-refractivity contribution in [1.29, 1.82) is 0 Å². The van der Waals surface area contributed by atoms with E-state index in [2.05, 4.69) is 16.6 Å². The number of esters is 1. The molecule has 0 bridgehead atoms. The van der Waals surface area contributed by atoms with Gasteiger partial charge in [0.1, 0.15) is 0 Å². The number of methoxy groups -OCH3 is 1. The topological polar surface area (TPSA) is 48.4 Å². The summed E-state index contributed by atoms with van der Waals surface area (Å²) in [5, 5.41) is 0. The van der Waals surface area contributed by atoms with Crippen LogP contribution in [0, 0.1) is 0 Å². The Morgan fingerprint density at radius 3 is 2.50 bits per heavy atom. The minimum absolute atomic E-state index is 0.343. The van der Waals surface area contributed by atoms with Crippen molar-refractivity contribution in [1.82, 2.24) is 4.98 Å². The summed E-state index contributed by atoms with van der Waals surface area (Å²) >= 11 is 0. The fourth-order valence-corrected chi connectivity index (χ4v) is 1.88. The molecule has 0 unspecified atom stereocenters. The summed E-state index contributed by atoms with van der Waals surface area (Å²) in [6.45, 7) is 3.89. The van der Waals surface area contributed by atoms with E-state index in [9.17, 15) is 4.79 Å². The van der Waals surface area contributed by atoms with Gasteiger partial charge in [0.2, 0.25) is 0 Å². The second kappa shape index (κ2) is 10.4. The lowest BCUT2D eigenvalue weighted by molar-refractivity contribution is 0.0600. The van der Waals surface area contributed by atoms with Crippen LogP contribution in [-0.2, 0) is 15.9 Å². The molecule has 0 N–H and O–H groups in total. The average molecular weight is 279 g/mol. The van der Waals surface area contributed by atoms with E-state index in [1.807, 2.05) is 6.07 Å². The molecule has 0 amide bonds. The molecule has 0 radical (unpaired) electrons. The second-order valence-electron chi connectivity index (χ2n) is 4.81. The normalized spacial score (nSPS) is 10.5. The minimum atomic E-state index is -0.343. The lowest BCUT2D eigenvalue weighted by atomic mass is 10.1. The maximum absolute atomic E-state index is 11.3. The zero-order chi connectivity index (χ0) is 14.6. The molecular weight excluding hydrogens is 254 g/mol. The van der Waals surface area contributed by atoms with Gasteiger partial charge in [0, 0.05) is 25.1 Å². The third-order valence-electron chi connectivity index (χ3n) is 3.11. The molecule has 4 heteroatoms. The van der Waals surface area contributed by atoms with E-state index in [4.69, 9.17) is 4.74 Å². The van der Waals surface area contributed by atoms with Crippen LogP contribution in [0.15, 0.2) is 18.3 Å². The maximum Gasteiger partial charge on any atom is 0.339 e. The second-order valence-corrected chi connectivity index (χ2v) is 4.81. The molecular formula is C16H25NO3. The number of hydrogen-bond acceptors (Lipinski definition) is 4. The number of aromatic nitrogens is 1. The fraction of sp³-hybridized carbons (Fsp3) is 0.625. The first-order valence-corrected chi connectivity index (χ1v) is 7.39. The minimum Gasteiger partial charge on any atom is -0.465 e. The predicted octanol–water partition coefficient (Wildman–Crippen LogP) is 3.40. The molecule has 0 saturated heterocycles. The monoisotopic (exact) mass is 279 g/mol. The smallest absolute Gasteiger partial charge is 0.339 e. The predicted molar refractivity (Wildman–Crippen MR) is 78.9 cm³/mol. The summed E-state index contributed by atoms with van der Waals surface area (Å²) in [6.07, 6.45) is 8.23. The quantitative estimate of drug-likeness (QED) is 0.486. The number of rotatable bonds is 10. The molecule has 0 atom stereocenters. The van der Waals surface area contributed by atoms with E-state index in [-0.39, 0.29) is 5.97 Å². The first-order chi connectivity index (χ1) is 9.77. The van der Waals surface area contributed by atoms with E-state index < -0.39 is 0 Å². The van der Waals surface area contributed by atoms with Gasteiger partial charge in [0.15, 0.2) is 0 Å². The number of ether oxygens (including phenoxy) is 2. The molecule has 20 heavy (non-hydrogen) atoms. The van der Waals surface area contributed by atoms with Gasteiger partial charge in [0.05, 0.1) is 12.7 Å². The van der Waals surface area contributed by atoms with Crippen molar-refractivity contribution < 1.29 is 14.3 Å². The summed E-state index contributed by atoms with van der Waals surface area (Å²) in [7, 11) is 1.37. The van der Waals surface area contributed by atoms with Gasteiger partial charge in [-0.3, -0.25) is 4.98 Å². The molecule has 0 saturated carbocycles. The fourth-order valence-electron chi connectivity index (χ4n) is 1.88. The molecule has 112 valence electrons. The van der Waals surface area contributed by atoms with Crippen LogP contribution >= 0.6 is 0 Å². The van der Waals surface area contributed by atoms with Crippen molar-refractivity contribution in [3.63, 3.8) is 0 Å². The molecule has 1 aromatic heterocycles. The van der Waals surface area contributed by atoms with Crippen LogP contribution in [-0.4, -0.2) is 31.3 Å². The number of carbonyl (C=O) groups excluding carboxylic acids is 1. The molecule has 1 aromatic rings. The standard InChI is InChI=1S/C16H25NO3/c1-3-4-6-11-20-12-7-5-8-15-10-9-14(13-17-15)16(18)19-2/h9-10,13H,3-8,11-12H2,1-2H3. The molecule has 1 rings (SSSR count). The number of pyridine rings is 1. The zero-order valence-electron chi connectivity index (χ0n) is 12.6. The summed E-state index contributed by atoms with van der Waals surface area (Å²) < 4.78 is 10.2. The van der Waals surface area contributed by atoms with Gasteiger partial charge in [-0.15, -0.1) is 0 Å². The van der Waals surface area contributed by atoms with Gasteiger partial charge in [-0.05, 0) is 37.8 Å². The zero-order valence-corrected chi connectivity index (χ0v) is 12.6. The molecule has 0 fully saturated rings. The number of aryl methyl sites for hydroxylation is 1. The van der Waals surface area contributed by atoms with Gasteiger partial charge in [-0.1, -0.05) is 19.8 Å². The van der Waals surface area contributed by atoms with Crippen LogP contribution in [0.5, 0.6) is 0 Å². The van der Waals surface area contributed by atoms with Gasteiger partial charge >= 0.3 is 5.97 Å². The highest BCUT2D eigenvalue weighted by Gasteiger charge is 2.05. The van der Waals surface area contributed by atoms with Crippen LogP contribution in [0.4, 0.5) is 0 Å². The highest BCUT2D eigenvalue weighted by molar-refractivity contribution is 5.88. The van der Waals surface area contributed by atoms with E-state index in [1.165, 1.54) is 20.0 Å². The third kappa shape index (κ3) is 6.66.